The van der Waals surface area contributed by atoms with Crippen molar-refractivity contribution >= 4 is 15.9 Å². The number of nitrogens with zero attached hydrogens (tertiary/aromatic N) is 1. The molecule has 1 amide bonds. The van der Waals surface area contributed by atoms with Gasteiger partial charge in [0.05, 0.1) is 11.5 Å². The third kappa shape index (κ3) is 3.63. The fourth-order valence-corrected chi connectivity index (χ4v) is 4.28. The van der Waals surface area contributed by atoms with Crippen molar-refractivity contribution in [2.24, 2.45) is 5.41 Å². The van der Waals surface area contributed by atoms with Gasteiger partial charge in [-0.15, -0.1) is 0 Å². The molecule has 0 spiro atoms. The average molecular weight is 352 g/mol. The highest BCUT2D eigenvalue weighted by atomic mass is 32.2. The van der Waals surface area contributed by atoms with Gasteiger partial charge in [0.25, 0.3) is 5.91 Å². The van der Waals surface area contributed by atoms with Crippen LogP contribution in [-0.4, -0.2) is 51.5 Å². The molecular formula is C17H24N2O4S. The molecule has 0 radical (unpaired) electrons. The van der Waals surface area contributed by atoms with Crippen LogP contribution in [0.25, 0.3) is 0 Å². The van der Waals surface area contributed by atoms with E-state index in [9.17, 15) is 13.2 Å². The van der Waals surface area contributed by atoms with Gasteiger partial charge in [0, 0.05) is 37.2 Å². The Bertz CT molecular complexity index is 709. The topological polar surface area (TPSA) is 75.7 Å². The first-order valence-corrected chi connectivity index (χ1v) is 9.87. The van der Waals surface area contributed by atoms with Crippen molar-refractivity contribution in [3.05, 3.63) is 29.8 Å². The van der Waals surface area contributed by atoms with Gasteiger partial charge in [-0.05, 0) is 44.4 Å². The van der Waals surface area contributed by atoms with Crippen LogP contribution in [0, 0.1) is 5.41 Å². The summed E-state index contributed by atoms with van der Waals surface area (Å²) in [7, 11) is -3.47. The lowest BCUT2D eigenvalue weighted by Crippen LogP contribution is -2.42. The highest BCUT2D eigenvalue weighted by Crippen LogP contribution is 2.45. The van der Waals surface area contributed by atoms with Crippen molar-refractivity contribution in [2.45, 2.75) is 31.1 Å². The van der Waals surface area contributed by atoms with Gasteiger partial charge in [-0.3, -0.25) is 4.79 Å². The highest BCUT2D eigenvalue weighted by molar-refractivity contribution is 7.89. The molecule has 3 rings (SSSR count). The van der Waals surface area contributed by atoms with Gasteiger partial charge >= 0.3 is 0 Å². The van der Waals surface area contributed by atoms with Crippen molar-refractivity contribution in [3.8, 4) is 0 Å². The smallest absolute Gasteiger partial charge is 0.251 e. The van der Waals surface area contributed by atoms with Gasteiger partial charge in [-0.1, -0.05) is 6.07 Å². The Labute approximate surface area is 143 Å². The second-order valence-corrected chi connectivity index (χ2v) is 8.54. The van der Waals surface area contributed by atoms with Crippen LogP contribution in [0.5, 0.6) is 0 Å². The van der Waals surface area contributed by atoms with Gasteiger partial charge in [0.2, 0.25) is 10.0 Å². The van der Waals surface area contributed by atoms with E-state index in [1.165, 1.54) is 10.4 Å². The van der Waals surface area contributed by atoms with Crippen LogP contribution in [0.15, 0.2) is 29.2 Å². The molecule has 0 aromatic heterocycles. The second-order valence-electron chi connectivity index (χ2n) is 6.61. The summed E-state index contributed by atoms with van der Waals surface area (Å²) in [6.07, 6.45) is 2.99. The van der Waals surface area contributed by atoms with Gasteiger partial charge in [0.1, 0.15) is 0 Å². The summed E-state index contributed by atoms with van der Waals surface area (Å²) >= 11 is 0. The second kappa shape index (κ2) is 6.82. The third-order valence-electron chi connectivity index (χ3n) is 4.74. The Hall–Kier alpha value is -1.44. The van der Waals surface area contributed by atoms with Gasteiger partial charge in [-0.2, -0.15) is 4.31 Å². The SMILES string of the molecule is CCOCC1(CNC(=O)c2cccc(S(=O)(=O)N3CCC3)c2)CC1. The standard InChI is InChI=1S/C17H24N2O4S/c1-2-23-13-17(7-8-17)12-18-16(20)14-5-3-6-15(11-14)24(21,22)19-9-4-10-19/h3,5-6,11H,2,4,7-10,12-13H2,1H3,(H,18,20). The molecule has 1 saturated heterocycles. The number of hydrogen-bond acceptors (Lipinski definition) is 4. The molecule has 7 heteroatoms. The molecule has 1 N–H and O–H groups in total. The lowest BCUT2D eigenvalue weighted by molar-refractivity contribution is 0.0864. The molecule has 0 bridgehead atoms. The summed E-state index contributed by atoms with van der Waals surface area (Å²) in [6.45, 7) is 4.96. The van der Waals surface area contributed by atoms with Crippen LogP contribution in [0.2, 0.25) is 0 Å². The van der Waals surface area contributed by atoms with Crippen LogP contribution in [-0.2, 0) is 14.8 Å². The molecule has 1 aliphatic heterocycles. The Kier molecular flexibility index (Phi) is 4.94. The first-order chi connectivity index (χ1) is 11.5. The zero-order valence-electron chi connectivity index (χ0n) is 14.0. The summed E-state index contributed by atoms with van der Waals surface area (Å²) in [5.74, 6) is -0.238. The molecule has 1 aromatic carbocycles. The molecule has 2 fully saturated rings. The molecule has 6 nitrogen and oxygen atoms in total. The maximum absolute atomic E-state index is 12.4. The summed E-state index contributed by atoms with van der Waals surface area (Å²) in [5.41, 5.74) is 0.441. The molecule has 1 saturated carbocycles. The van der Waals surface area contributed by atoms with E-state index in [1.807, 2.05) is 6.92 Å². The monoisotopic (exact) mass is 352 g/mol. The number of amides is 1. The van der Waals surface area contributed by atoms with Crippen molar-refractivity contribution in [1.29, 1.82) is 0 Å². The summed E-state index contributed by atoms with van der Waals surface area (Å²) in [5, 5.41) is 2.92. The minimum atomic E-state index is -3.47. The molecule has 1 aliphatic carbocycles. The molecule has 1 aromatic rings. The van der Waals surface area contributed by atoms with E-state index in [4.69, 9.17) is 4.74 Å². The Morgan fingerprint density at radius 3 is 2.67 bits per heavy atom. The molecule has 24 heavy (non-hydrogen) atoms. The number of rotatable bonds is 8. The van der Waals surface area contributed by atoms with Crippen LogP contribution in [0.3, 0.4) is 0 Å². The third-order valence-corrected chi connectivity index (χ3v) is 6.64. The number of carbonyl (C=O) groups is 1. The van der Waals surface area contributed by atoms with E-state index in [2.05, 4.69) is 5.32 Å². The number of sulfonamides is 1. The molecular weight excluding hydrogens is 328 g/mol. The maximum Gasteiger partial charge on any atom is 0.251 e. The Morgan fingerprint density at radius 2 is 2.08 bits per heavy atom. The zero-order valence-corrected chi connectivity index (χ0v) is 14.8. The fourth-order valence-electron chi connectivity index (χ4n) is 2.71. The first-order valence-electron chi connectivity index (χ1n) is 8.43. The van der Waals surface area contributed by atoms with Crippen molar-refractivity contribution < 1.29 is 17.9 Å². The summed E-state index contributed by atoms with van der Waals surface area (Å²) in [6, 6.07) is 6.27. The van der Waals surface area contributed by atoms with Gasteiger partial charge in [-0.25, -0.2) is 8.42 Å². The van der Waals surface area contributed by atoms with Crippen LogP contribution in [0.4, 0.5) is 0 Å². The first kappa shape index (κ1) is 17.4. The lowest BCUT2D eigenvalue weighted by Gasteiger charge is -2.29. The number of carbonyl (C=O) groups excluding carboxylic acids is 1. The Balaban J connectivity index is 1.64. The Morgan fingerprint density at radius 1 is 1.33 bits per heavy atom. The zero-order chi connectivity index (χ0) is 17.2. The van der Waals surface area contributed by atoms with Crippen molar-refractivity contribution in [1.82, 2.24) is 9.62 Å². The summed E-state index contributed by atoms with van der Waals surface area (Å²) < 4.78 is 31.7. The molecule has 132 valence electrons. The van der Waals surface area contributed by atoms with Gasteiger partial charge in [0.15, 0.2) is 0 Å². The number of nitrogens with one attached hydrogen (secondary N) is 1. The van der Waals surface area contributed by atoms with Crippen LogP contribution >= 0.6 is 0 Å². The van der Waals surface area contributed by atoms with Crippen molar-refractivity contribution in [3.63, 3.8) is 0 Å². The van der Waals surface area contributed by atoms with Crippen molar-refractivity contribution in [2.75, 3.05) is 32.8 Å². The van der Waals surface area contributed by atoms with Gasteiger partial charge < -0.3 is 10.1 Å². The molecule has 0 unspecified atom stereocenters. The number of hydrogen-bond donors (Lipinski definition) is 1. The number of ether oxygens (including phenoxy) is 1. The van der Waals surface area contributed by atoms with Crippen LogP contribution in [0.1, 0.15) is 36.5 Å². The minimum Gasteiger partial charge on any atom is -0.381 e. The van der Waals surface area contributed by atoms with E-state index in [0.717, 1.165) is 19.3 Å². The molecule has 0 atom stereocenters. The predicted octanol–water partition coefficient (Wildman–Crippen LogP) is 1.63. The van der Waals surface area contributed by atoms with E-state index in [0.29, 0.717) is 38.4 Å². The minimum absolute atomic E-state index is 0.0625. The highest BCUT2D eigenvalue weighted by Gasteiger charge is 2.43. The van der Waals surface area contributed by atoms with E-state index >= 15 is 0 Å². The largest absolute Gasteiger partial charge is 0.381 e. The van der Waals surface area contributed by atoms with Crippen LogP contribution < -0.4 is 5.32 Å². The lowest BCUT2D eigenvalue weighted by atomic mass is 10.1. The predicted molar refractivity (Wildman–Crippen MR) is 90.3 cm³/mol. The average Bonchev–Trinajstić information content (AvgIpc) is 3.29. The van der Waals surface area contributed by atoms with E-state index in [-0.39, 0.29) is 16.2 Å². The van der Waals surface area contributed by atoms with E-state index in [1.54, 1.807) is 18.2 Å². The quantitative estimate of drug-likeness (QED) is 0.771. The fraction of sp³-hybridized carbons (Fsp3) is 0.588. The number of benzene rings is 1. The molecule has 2 aliphatic rings. The summed E-state index contributed by atoms with van der Waals surface area (Å²) in [4.78, 5) is 12.6. The van der Waals surface area contributed by atoms with E-state index < -0.39 is 10.0 Å². The normalized spacial score (nSPS) is 19.5. The molecule has 1 heterocycles. The maximum atomic E-state index is 12.4.